The maximum absolute atomic E-state index is 13.8. The van der Waals surface area contributed by atoms with Crippen molar-refractivity contribution in [3.63, 3.8) is 0 Å². The lowest BCUT2D eigenvalue weighted by molar-refractivity contribution is -0.131. The van der Waals surface area contributed by atoms with Gasteiger partial charge in [-0.25, -0.2) is 9.36 Å². The van der Waals surface area contributed by atoms with Gasteiger partial charge in [-0.15, -0.1) is 0 Å². The third-order valence-electron chi connectivity index (χ3n) is 6.68. The number of carbonyl (C=O) groups excluding carboxylic acids is 2. The van der Waals surface area contributed by atoms with E-state index in [-0.39, 0.29) is 40.8 Å². The predicted octanol–water partition coefficient (Wildman–Crippen LogP) is 3.89. The van der Waals surface area contributed by atoms with E-state index in [0.717, 1.165) is 15.6 Å². The van der Waals surface area contributed by atoms with Crippen LogP contribution in [0.2, 0.25) is 5.28 Å². The first-order chi connectivity index (χ1) is 20.8. The van der Waals surface area contributed by atoms with E-state index in [2.05, 4.69) is 20.1 Å². The van der Waals surface area contributed by atoms with Crippen LogP contribution in [0.1, 0.15) is 55.7 Å². The number of pyridine rings is 1. The van der Waals surface area contributed by atoms with Crippen molar-refractivity contribution in [2.45, 2.75) is 59.0 Å². The second-order valence-corrected chi connectivity index (χ2v) is 10.1. The highest BCUT2D eigenvalue weighted by atomic mass is 35.5. The van der Waals surface area contributed by atoms with E-state index in [0.29, 0.717) is 43.1 Å². The van der Waals surface area contributed by atoms with E-state index in [1.54, 1.807) is 30.5 Å². The van der Waals surface area contributed by atoms with Gasteiger partial charge in [-0.2, -0.15) is 9.97 Å². The molecule has 0 N–H and O–H groups in total. The highest BCUT2D eigenvalue weighted by molar-refractivity contribution is 6.31. The zero-order chi connectivity index (χ0) is 30.5. The van der Waals surface area contributed by atoms with Gasteiger partial charge in [-0.3, -0.25) is 28.5 Å². The van der Waals surface area contributed by atoms with Crippen molar-refractivity contribution < 1.29 is 18.8 Å². The van der Waals surface area contributed by atoms with Crippen molar-refractivity contribution in [1.82, 2.24) is 33.8 Å². The molecule has 0 aliphatic heterocycles. The van der Waals surface area contributed by atoms with Crippen LogP contribution < -0.4 is 16.0 Å². The first-order valence-corrected chi connectivity index (χ1v) is 14.2. The normalized spacial score (nSPS) is 11.2. The van der Waals surface area contributed by atoms with E-state index >= 15 is 0 Å². The van der Waals surface area contributed by atoms with Gasteiger partial charge < -0.3 is 9.26 Å². The van der Waals surface area contributed by atoms with Gasteiger partial charge in [-0.1, -0.05) is 36.7 Å². The van der Waals surface area contributed by atoms with Crippen molar-refractivity contribution in [3.8, 4) is 17.3 Å². The number of unbranched alkanes of at least 4 members (excludes halogenated alkanes) is 2. The van der Waals surface area contributed by atoms with Crippen LogP contribution in [-0.2, 0) is 24.3 Å². The number of rotatable bonds is 11. The van der Waals surface area contributed by atoms with Crippen molar-refractivity contribution in [3.05, 3.63) is 86.2 Å². The summed E-state index contributed by atoms with van der Waals surface area (Å²) in [6.07, 6.45) is 4.49. The summed E-state index contributed by atoms with van der Waals surface area (Å²) in [5, 5.41) is 3.70. The Bertz CT molecular complexity index is 1910. The topological polar surface area (TPSA) is 157 Å². The van der Waals surface area contributed by atoms with Crippen molar-refractivity contribution in [2.75, 3.05) is 0 Å². The summed E-state index contributed by atoms with van der Waals surface area (Å²) in [6, 6.07) is 11.5. The molecule has 0 radical (unpaired) electrons. The first kappa shape index (κ1) is 29.6. The number of aryl methyl sites for hydroxylation is 2. The van der Waals surface area contributed by atoms with Crippen LogP contribution in [0.25, 0.3) is 22.7 Å². The molecule has 13 nitrogen and oxygen atoms in total. The SMILES string of the molecule is CCCCn1c(=O)n(CCCCc2noc(-c3ccccn3)n2)c(=O)c2c1nc(Cl)n2C(=O)c1ccccc1OC(C)=O. The number of hydrogen-bond acceptors (Lipinski definition) is 10. The molecule has 0 spiro atoms. The molecule has 5 rings (SSSR count). The second-order valence-electron chi connectivity index (χ2n) is 9.72. The van der Waals surface area contributed by atoms with Gasteiger partial charge in [-0.05, 0) is 55.1 Å². The average Bonchev–Trinajstić information content (AvgIpc) is 3.61. The van der Waals surface area contributed by atoms with Crippen LogP contribution in [0.5, 0.6) is 5.75 Å². The molecule has 0 unspecified atom stereocenters. The van der Waals surface area contributed by atoms with Crippen LogP contribution in [0, 0.1) is 0 Å². The summed E-state index contributed by atoms with van der Waals surface area (Å²) in [5.41, 5.74) is -0.812. The third kappa shape index (κ3) is 6.16. The number of esters is 1. The number of benzene rings is 1. The predicted molar refractivity (Wildman–Crippen MR) is 156 cm³/mol. The van der Waals surface area contributed by atoms with E-state index < -0.39 is 23.1 Å². The number of para-hydroxylation sites is 1. The smallest absolute Gasteiger partial charge is 0.332 e. The molecular weight excluding hydrogens is 578 g/mol. The zero-order valence-corrected chi connectivity index (χ0v) is 24.3. The number of fused-ring (bicyclic) bond motifs is 1. The fourth-order valence-electron chi connectivity index (χ4n) is 4.62. The maximum Gasteiger partial charge on any atom is 0.332 e. The molecular formula is C29H28ClN7O6. The van der Waals surface area contributed by atoms with Crippen LogP contribution in [0.15, 0.2) is 62.8 Å². The maximum atomic E-state index is 13.8. The number of halogens is 1. The van der Waals surface area contributed by atoms with Crippen molar-refractivity contribution >= 4 is 34.6 Å². The number of aromatic nitrogens is 7. The number of carbonyl (C=O) groups is 2. The molecule has 0 aliphatic rings. The molecule has 0 amide bonds. The summed E-state index contributed by atoms with van der Waals surface area (Å²) in [5.74, 6) is -0.557. The van der Waals surface area contributed by atoms with Crippen molar-refractivity contribution in [1.29, 1.82) is 0 Å². The number of hydrogen-bond donors (Lipinski definition) is 0. The van der Waals surface area contributed by atoms with Gasteiger partial charge >= 0.3 is 11.7 Å². The molecule has 4 aromatic heterocycles. The van der Waals surface area contributed by atoms with Crippen LogP contribution in [0.4, 0.5) is 0 Å². The van der Waals surface area contributed by atoms with Crippen LogP contribution in [-0.4, -0.2) is 45.7 Å². The molecule has 0 saturated heterocycles. The van der Waals surface area contributed by atoms with Gasteiger partial charge in [0.2, 0.25) is 5.28 Å². The van der Waals surface area contributed by atoms with Gasteiger partial charge in [0.05, 0.1) is 5.56 Å². The standard InChI is InChI=1S/C29H28ClN7O6/c1-3-4-16-35-24-23(37(28(30)33-24)26(39)19-11-5-6-13-21(19)42-18(2)38)27(40)36(29(35)41)17-10-8-14-22-32-25(43-34-22)20-12-7-9-15-31-20/h5-7,9,11-13,15H,3-4,8,10,14,16-17H2,1-2H3. The molecule has 1 aromatic carbocycles. The third-order valence-corrected chi connectivity index (χ3v) is 6.93. The lowest BCUT2D eigenvalue weighted by atomic mass is 10.2. The largest absolute Gasteiger partial charge is 0.426 e. The minimum atomic E-state index is -0.727. The Morgan fingerprint density at radius 3 is 2.49 bits per heavy atom. The molecule has 4 heterocycles. The monoisotopic (exact) mass is 605 g/mol. The molecule has 14 heteroatoms. The quantitative estimate of drug-likeness (QED) is 0.0936. The summed E-state index contributed by atoms with van der Waals surface area (Å²) in [6.45, 7) is 3.53. The Hall–Kier alpha value is -4.91. The molecule has 0 saturated carbocycles. The minimum Gasteiger partial charge on any atom is -0.426 e. The molecule has 0 aliphatic carbocycles. The summed E-state index contributed by atoms with van der Waals surface area (Å²) in [7, 11) is 0. The van der Waals surface area contributed by atoms with Gasteiger partial charge in [0.1, 0.15) is 11.4 Å². The Balaban J connectivity index is 1.46. The Kier molecular flexibility index (Phi) is 8.90. The van der Waals surface area contributed by atoms with Crippen molar-refractivity contribution in [2.24, 2.45) is 0 Å². The highest BCUT2D eigenvalue weighted by Crippen LogP contribution is 2.24. The fraction of sp³-hybridized carbons (Fsp3) is 0.310. The second kappa shape index (κ2) is 12.9. The lowest BCUT2D eigenvalue weighted by Crippen LogP contribution is -2.41. The van der Waals surface area contributed by atoms with Gasteiger partial charge in [0.25, 0.3) is 17.4 Å². The molecule has 0 bridgehead atoms. The Morgan fingerprint density at radius 2 is 1.74 bits per heavy atom. The lowest BCUT2D eigenvalue weighted by Gasteiger charge is -2.13. The minimum absolute atomic E-state index is 0.00124. The molecule has 0 atom stereocenters. The summed E-state index contributed by atoms with van der Waals surface area (Å²) in [4.78, 5) is 65.5. The van der Waals surface area contributed by atoms with Gasteiger partial charge in [0, 0.05) is 32.6 Å². The van der Waals surface area contributed by atoms with E-state index in [1.165, 1.54) is 23.6 Å². The van der Waals surface area contributed by atoms with Crippen LogP contribution >= 0.6 is 11.6 Å². The van der Waals surface area contributed by atoms with Gasteiger partial charge in [0.15, 0.2) is 17.0 Å². The molecule has 5 aromatic rings. The molecule has 222 valence electrons. The average molecular weight is 606 g/mol. The summed E-state index contributed by atoms with van der Waals surface area (Å²) < 4.78 is 13.9. The molecule has 0 fully saturated rings. The number of imidazole rings is 1. The fourth-order valence-corrected chi connectivity index (χ4v) is 4.86. The number of ether oxygens (including phenoxy) is 1. The molecule has 43 heavy (non-hydrogen) atoms. The van der Waals surface area contributed by atoms with Crippen LogP contribution in [0.3, 0.4) is 0 Å². The Labute approximate surface area is 249 Å². The number of nitrogens with zero attached hydrogens (tertiary/aromatic N) is 7. The summed E-state index contributed by atoms with van der Waals surface area (Å²) >= 11 is 6.43. The Morgan fingerprint density at radius 1 is 0.977 bits per heavy atom. The van der Waals surface area contributed by atoms with E-state index in [1.807, 2.05) is 13.0 Å². The van der Waals surface area contributed by atoms with E-state index in [9.17, 15) is 19.2 Å². The van der Waals surface area contributed by atoms with E-state index in [4.69, 9.17) is 20.9 Å². The first-order valence-electron chi connectivity index (χ1n) is 13.8. The zero-order valence-electron chi connectivity index (χ0n) is 23.5. The highest BCUT2D eigenvalue weighted by Gasteiger charge is 2.26.